The lowest BCUT2D eigenvalue weighted by Crippen LogP contribution is -2.55. The van der Waals surface area contributed by atoms with Crippen LogP contribution in [0.25, 0.3) is 0 Å². The van der Waals surface area contributed by atoms with Gasteiger partial charge in [-0.3, -0.25) is 4.98 Å². The number of hydrogen-bond donors (Lipinski definition) is 2. The van der Waals surface area contributed by atoms with Gasteiger partial charge in [0.25, 0.3) is 0 Å². The molecule has 0 aliphatic heterocycles. The molecule has 0 atom stereocenters. The van der Waals surface area contributed by atoms with Gasteiger partial charge in [0.05, 0.1) is 0 Å². The molecule has 6 nitrogen and oxygen atoms in total. The molecule has 1 heterocycles. The normalized spacial score (nSPS) is 10.9. The van der Waals surface area contributed by atoms with Crippen molar-refractivity contribution < 1.29 is 14.7 Å². The Kier molecular flexibility index (Phi) is 4.86. The van der Waals surface area contributed by atoms with Crippen LogP contribution < -0.4 is 5.32 Å². The number of aliphatic carboxylic acids is 1. The molecule has 0 aromatic carbocycles. The number of carboxylic acid groups (broad SMARTS) is 1. The average molecular weight is 265 g/mol. The van der Waals surface area contributed by atoms with E-state index in [1.54, 1.807) is 25.4 Å². The van der Waals surface area contributed by atoms with Gasteiger partial charge in [-0.25, -0.2) is 9.59 Å². The van der Waals surface area contributed by atoms with Gasteiger partial charge in [0.1, 0.15) is 5.54 Å². The molecular formula is C13H19N3O3. The third-order valence-electron chi connectivity index (χ3n) is 2.93. The lowest BCUT2D eigenvalue weighted by molar-refractivity contribution is -0.147. The van der Waals surface area contributed by atoms with Gasteiger partial charge in [0, 0.05) is 25.5 Å². The van der Waals surface area contributed by atoms with Crippen molar-refractivity contribution in [3.05, 3.63) is 30.1 Å². The van der Waals surface area contributed by atoms with Crippen LogP contribution in [-0.2, 0) is 11.3 Å². The number of amides is 2. The highest BCUT2D eigenvalue weighted by Gasteiger charge is 2.36. The molecule has 0 spiro atoms. The van der Waals surface area contributed by atoms with Crippen LogP contribution >= 0.6 is 0 Å². The summed E-state index contributed by atoms with van der Waals surface area (Å²) in [5, 5.41) is 11.8. The second kappa shape index (κ2) is 6.17. The molecule has 0 saturated heterocycles. The number of rotatable bonds is 5. The molecule has 2 N–H and O–H groups in total. The highest BCUT2D eigenvalue weighted by atomic mass is 16.4. The van der Waals surface area contributed by atoms with Gasteiger partial charge in [-0.2, -0.15) is 0 Å². The van der Waals surface area contributed by atoms with E-state index in [2.05, 4.69) is 10.3 Å². The summed E-state index contributed by atoms with van der Waals surface area (Å²) in [7, 11) is 0. The Labute approximate surface area is 112 Å². The van der Waals surface area contributed by atoms with E-state index in [-0.39, 0.29) is 0 Å². The summed E-state index contributed by atoms with van der Waals surface area (Å²) in [5.74, 6) is -1.04. The molecule has 104 valence electrons. The average Bonchev–Trinajstić information content (AvgIpc) is 2.38. The minimum Gasteiger partial charge on any atom is -0.480 e. The highest BCUT2D eigenvalue weighted by molar-refractivity contribution is 5.85. The first-order valence-electron chi connectivity index (χ1n) is 6.07. The van der Waals surface area contributed by atoms with Crippen LogP contribution in [0.1, 0.15) is 26.3 Å². The summed E-state index contributed by atoms with van der Waals surface area (Å²) in [6, 6.07) is 3.21. The summed E-state index contributed by atoms with van der Waals surface area (Å²) < 4.78 is 0. The Balaban J connectivity index is 2.68. The van der Waals surface area contributed by atoms with Gasteiger partial charge in [-0.15, -0.1) is 0 Å². The highest BCUT2D eigenvalue weighted by Crippen LogP contribution is 2.14. The maximum absolute atomic E-state index is 12.0. The molecule has 0 aliphatic carbocycles. The fourth-order valence-electron chi connectivity index (χ4n) is 1.68. The predicted molar refractivity (Wildman–Crippen MR) is 70.6 cm³/mol. The molecule has 1 aromatic rings. The SMILES string of the molecule is CCN(C(=O)NCc1cccnc1)C(C)(C)C(=O)O. The van der Waals surface area contributed by atoms with Crippen molar-refractivity contribution in [2.45, 2.75) is 32.9 Å². The van der Waals surface area contributed by atoms with Crippen LogP contribution in [0.3, 0.4) is 0 Å². The maximum Gasteiger partial charge on any atom is 0.329 e. The summed E-state index contributed by atoms with van der Waals surface area (Å²) in [4.78, 5) is 28.4. The van der Waals surface area contributed by atoms with E-state index in [1.165, 1.54) is 18.7 Å². The lowest BCUT2D eigenvalue weighted by Gasteiger charge is -2.34. The molecule has 6 heteroatoms. The second-order valence-corrected chi connectivity index (χ2v) is 4.63. The number of carbonyl (C=O) groups excluding carboxylic acids is 1. The summed E-state index contributed by atoms with van der Waals surface area (Å²) in [6.07, 6.45) is 3.30. The Morgan fingerprint density at radius 1 is 1.47 bits per heavy atom. The molecule has 0 bridgehead atoms. The first-order valence-corrected chi connectivity index (χ1v) is 6.07. The second-order valence-electron chi connectivity index (χ2n) is 4.63. The van der Waals surface area contributed by atoms with Gasteiger partial charge in [-0.05, 0) is 32.4 Å². The van der Waals surface area contributed by atoms with E-state index >= 15 is 0 Å². The lowest BCUT2D eigenvalue weighted by atomic mass is 10.0. The van der Waals surface area contributed by atoms with Crippen molar-refractivity contribution in [2.75, 3.05) is 6.54 Å². The molecule has 0 fully saturated rings. The Morgan fingerprint density at radius 3 is 2.63 bits per heavy atom. The summed E-state index contributed by atoms with van der Waals surface area (Å²) in [6.45, 7) is 5.39. The first-order chi connectivity index (χ1) is 8.89. The van der Waals surface area contributed by atoms with Crippen LogP contribution in [0.15, 0.2) is 24.5 Å². The number of aromatic nitrogens is 1. The number of carboxylic acids is 1. The predicted octanol–water partition coefficient (Wildman–Crippen LogP) is 1.48. The summed E-state index contributed by atoms with van der Waals surface area (Å²) in [5.41, 5.74) is -0.381. The fourth-order valence-corrected chi connectivity index (χ4v) is 1.68. The number of nitrogens with zero attached hydrogens (tertiary/aromatic N) is 2. The number of pyridine rings is 1. The van der Waals surface area contributed by atoms with Crippen LogP contribution in [-0.4, -0.2) is 39.1 Å². The molecule has 0 radical (unpaired) electrons. The fraction of sp³-hybridized carbons (Fsp3) is 0.462. The Hall–Kier alpha value is -2.11. The zero-order valence-electron chi connectivity index (χ0n) is 11.4. The quantitative estimate of drug-likeness (QED) is 0.844. The first kappa shape index (κ1) is 14.9. The maximum atomic E-state index is 12.0. The van der Waals surface area contributed by atoms with Crippen LogP contribution in [0.4, 0.5) is 4.79 Å². The largest absolute Gasteiger partial charge is 0.480 e. The number of hydrogen-bond acceptors (Lipinski definition) is 3. The number of nitrogens with one attached hydrogen (secondary N) is 1. The van der Waals surface area contributed by atoms with Gasteiger partial charge >= 0.3 is 12.0 Å². The van der Waals surface area contributed by atoms with Gasteiger partial charge < -0.3 is 15.3 Å². The van der Waals surface area contributed by atoms with E-state index in [1.807, 2.05) is 6.07 Å². The third-order valence-corrected chi connectivity index (χ3v) is 2.93. The summed E-state index contributed by atoms with van der Waals surface area (Å²) >= 11 is 0. The van der Waals surface area contributed by atoms with Crippen molar-refractivity contribution >= 4 is 12.0 Å². The zero-order valence-corrected chi connectivity index (χ0v) is 11.4. The smallest absolute Gasteiger partial charge is 0.329 e. The molecule has 19 heavy (non-hydrogen) atoms. The van der Waals surface area contributed by atoms with Crippen molar-refractivity contribution in [3.63, 3.8) is 0 Å². The topological polar surface area (TPSA) is 82.5 Å². The van der Waals surface area contributed by atoms with Gasteiger partial charge in [-0.1, -0.05) is 6.07 Å². The van der Waals surface area contributed by atoms with E-state index < -0.39 is 17.5 Å². The van der Waals surface area contributed by atoms with E-state index in [9.17, 15) is 9.59 Å². The standard InChI is InChI=1S/C13H19N3O3/c1-4-16(13(2,3)11(17)18)12(19)15-9-10-6-5-7-14-8-10/h5-8H,4,9H2,1-3H3,(H,15,19)(H,17,18). The van der Waals surface area contributed by atoms with Crippen LogP contribution in [0.5, 0.6) is 0 Å². The molecule has 1 aromatic heterocycles. The number of likely N-dealkylation sites (N-methyl/N-ethyl adjacent to an activating group) is 1. The van der Waals surface area contributed by atoms with Gasteiger partial charge in [0.15, 0.2) is 0 Å². The molecule has 0 saturated carbocycles. The van der Waals surface area contributed by atoms with Crippen molar-refractivity contribution in [1.29, 1.82) is 0 Å². The molecule has 1 rings (SSSR count). The minimum atomic E-state index is -1.24. The third kappa shape index (κ3) is 3.67. The number of urea groups is 1. The molecule has 0 aliphatic rings. The van der Waals surface area contributed by atoms with Crippen LogP contribution in [0, 0.1) is 0 Å². The van der Waals surface area contributed by atoms with Crippen LogP contribution in [0.2, 0.25) is 0 Å². The van der Waals surface area contributed by atoms with E-state index in [0.717, 1.165) is 5.56 Å². The number of carbonyl (C=O) groups is 2. The van der Waals surface area contributed by atoms with Crippen molar-refractivity contribution in [2.24, 2.45) is 0 Å². The Morgan fingerprint density at radius 2 is 2.16 bits per heavy atom. The zero-order chi connectivity index (χ0) is 14.5. The Bertz CT molecular complexity index is 446. The molecule has 2 amide bonds. The molecule has 0 unspecified atom stereocenters. The monoisotopic (exact) mass is 265 g/mol. The van der Waals surface area contributed by atoms with E-state index in [4.69, 9.17) is 5.11 Å². The molecular weight excluding hydrogens is 246 g/mol. The van der Waals surface area contributed by atoms with Gasteiger partial charge in [0.2, 0.25) is 0 Å². The van der Waals surface area contributed by atoms with E-state index in [0.29, 0.717) is 13.1 Å². The minimum absolute atomic E-state index is 0.318. The van der Waals surface area contributed by atoms with Crippen molar-refractivity contribution in [1.82, 2.24) is 15.2 Å². The van der Waals surface area contributed by atoms with Crippen molar-refractivity contribution in [3.8, 4) is 0 Å².